The second-order valence-corrected chi connectivity index (χ2v) is 5.61. The van der Waals surface area contributed by atoms with E-state index in [2.05, 4.69) is 9.47 Å². The van der Waals surface area contributed by atoms with Crippen molar-refractivity contribution >= 4 is 23.5 Å². The van der Waals surface area contributed by atoms with Gasteiger partial charge in [0.25, 0.3) is 24.1 Å². The van der Waals surface area contributed by atoms with Gasteiger partial charge in [-0.2, -0.15) is 0 Å². The Morgan fingerprint density at radius 3 is 1.23 bits per heavy atom. The van der Waals surface area contributed by atoms with E-state index in [9.17, 15) is 29.4 Å². The second-order valence-electron chi connectivity index (χ2n) is 5.61. The minimum absolute atomic E-state index is 0.0511. The molecule has 0 rings (SSSR count). The Morgan fingerprint density at radius 1 is 0.727 bits per heavy atom. The van der Waals surface area contributed by atoms with Crippen molar-refractivity contribution in [3.63, 3.8) is 0 Å². The van der Waals surface area contributed by atoms with E-state index < -0.39 is 36.1 Å². The Bertz CT molecular complexity index is 387. The number of hydrogen-bond donors (Lipinski definition) is 2. The molecule has 2 unspecified atom stereocenters. The number of rotatable bonds is 9. The van der Waals surface area contributed by atoms with Crippen LogP contribution in [0.4, 0.5) is 0 Å². The van der Waals surface area contributed by atoms with Crippen LogP contribution in [0.1, 0.15) is 40.5 Å². The third-order valence-electron chi connectivity index (χ3n) is 2.33. The molecule has 126 valence electrons. The third kappa shape index (κ3) is 7.84. The molecule has 2 atom stereocenters. The summed E-state index contributed by atoms with van der Waals surface area (Å²) in [5, 5.41) is 18.7. The van der Waals surface area contributed by atoms with E-state index in [4.69, 9.17) is 0 Å². The third-order valence-corrected chi connectivity index (χ3v) is 2.33. The zero-order chi connectivity index (χ0) is 17.4. The average molecular weight is 318 g/mol. The molecule has 0 bridgehead atoms. The van der Waals surface area contributed by atoms with E-state index in [1.165, 1.54) is 0 Å². The van der Waals surface area contributed by atoms with Crippen LogP contribution < -0.4 is 0 Å². The fourth-order valence-corrected chi connectivity index (χ4v) is 1.36. The maximum atomic E-state index is 11.5. The molecule has 0 aliphatic rings. The van der Waals surface area contributed by atoms with Gasteiger partial charge < -0.3 is 19.7 Å². The Kier molecular flexibility index (Phi) is 8.51. The summed E-state index contributed by atoms with van der Waals surface area (Å²) in [5.74, 6) is -4.99. The van der Waals surface area contributed by atoms with Gasteiger partial charge in [0.05, 0.1) is 0 Å². The lowest BCUT2D eigenvalue weighted by atomic mass is 10.1. The zero-order valence-electron chi connectivity index (χ0n) is 13.1. The summed E-state index contributed by atoms with van der Waals surface area (Å²) < 4.78 is 8.72. The van der Waals surface area contributed by atoms with E-state index in [1.54, 1.807) is 27.7 Å². The molecule has 0 aliphatic carbocycles. The van der Waals surface area contributed by atoms with E-state index >= 15 is 0 Å². The smallest absolute Gasteiger partial charge is 0.308 e. The van der Waals surface area contributed by atoms with Crippen molar-refractivity contribution in [1.82, 2.24) is 0 Å². The fourth-order valence-electron chi connectivity index (χ4n) is 1.36. The van der Waals surface area contributed by atoms with Crippen molar-refractivity contribution in [2.45, 2.75) is 53.1 Å². The monoisotopic (exact) mass is 318 g/mol. The SMILES string of the molecule is CC(C)CC(=O)OC(O)C(=O)C(=O)C(O)OC(=O)CC(C)C. The van der Waals surface area contributed by atoms with Gasteiger partial charge in [-0.25, -0.2) is 0 Å². The van der Waals surface area contributed by atoms with Crippen LogP contribution in [0, 0.1) is 11.8 Å². The Balaban J connectivity index is 4.48. The summed E-state index contributed by atoms with van der Waals surface area (Å²) in [4.78, 5) is 45.5. The second kappa shape index (κ2) is 9.26. The highest BCUT2D eigenvalue weighted by molar-refractivity contribution is 6.39. The Labute approximate surface area is 128 Å². The van der Waals surface area contributed by atoms with Crippen molar-refractivity contribution in [2.75, 3.05) is 0 Å². The summed E-state index contributed by atoms with van der Waals surface area (Å²) in [5.41, 5.74) is 0. The first-order valence-corrected chi connectivity index (χ1v) is 6.87. The molecule has 8 nitrogen and oxygen atoms in total. The van der Waals surface area contributed by atoms with Crippen LogP contribution in [0.3, 0.4) is 0 Å². The predicted molar refractivity (Wildman–Crippen MR) is 73.1 cm³/mol. The minimum atomic E-state index is -2.34. The largest absolute Gasteiger partial charge is 0.428 e. The van der Waals surface area contributed by atoms with Crippen LogP contribution in [0.25, 0.3) is 0 Å². The first-order valence-electron chi connectivity index (χ1n) is 6.87. The van der Waals surface area contributed by atoms with Crippen LogP contribution in [0.5, 0.6) is 0 Å². The first-order chi connectivity index (χ1) is 10.0. The number of esters is 2. The van der Waals surface area contributed by atoms with E-state index in [1.807, 2.05) is 0 Å². The predicted octanol–water partition coefficient (Wildman–Crippen LogP) is -0.0600. The highest BCUT2D eigenvalue weighted by Crippen LogP contribution is 2.06. The Morgan fingerprint density at radius 2 is 1.00 bits per heavy atom. The van der Waals surface area contributed by atoms with Gasteiger partial charge in [-0.1, -0.05) is 27.7 Å². The molecule has 0 saturated heterocycles. The Hall–Kier alpha value is -1.80. The van der Waals surface area contributed by atoms with Gasteiger partial charge in [-0.15, -0.1) is 0 Å². The minimum Gasteiger partial charge on any atom is -0.428 e. The highest BCUT2D eigenvalue weighted by atomic mass is 16.6. The normalized spacial score (nSPS) is 13.6. The van der Waals surface area contributed by atoms with Crippen molar-refractivity contribution in [2.24, 2.45) is 11.8 Å². The van der Waals surface area contributed by atoms with Crippen molar-refractivity contribution in [3.8, 4) is 0 Å². The quantitative estimate of drug-likeness (QED) is 0.344. The molecule has 0 aromatic heterocycles. The summed E-state index contributed by atoms with van der Waals surface area (Å²) >= 11 is 0. The molecular weight excluding hydrogens is 296 g/mol. The van der Waals surface area contributed by atoms with Gasteiger partial charge in [0.1, 0.15) is 0 Å². The van der Waals surface area contributed by atoms with Gasteiger partial charge >= 0.3 is 11.9 Å². The van der Waals surface area contributed by atoms with Gasteiger partial charge in [-0.3, -0.25) is 19.2 Å². The number of ketones is 2. The van der Waals surface area contributed by atoms with Gasteiger partial charge in [0.2, 0.25) is 0 Å². The van der Waals surface area contributed by atoms with Crippen molar-refractivity contribution < 1.29 is 38.9 Å². The van der Waals surface area contributed by atoms with E-state index in [0.29, 0.717) is 0 Å². The maximum Gasteiger partial charge on any atom is 0.308 e. The van der Waals surface area contributed by atoms with Gasteiger partial charge in [0.15, 0.2) is 0 Å². The molecule has 0 radical (unpaired) electrons. The summed E-state index contributed by atoms with van der Waals surface area (Å²) in [6.45, 7) is 6.88. The van der Waals surface area contributed by atoms with Crippen molar-refractivity contribution in [3.05, 3.63) is 0 Å². The molecule has 0 aromatic rings. The van der Waals surface area contributed by atoms with Crippen LogP contribution in [0.15, 0.2) is 0 Å². The maximum absolute atomic E-state index is 11.5. The van der Waals surface area contributed by atoms with Gasteiger partial charge in [-0.05, 0) is 11.8 Å². The van der Waals surface area contributed by atoms with Crippen LogP contribution in [0.2, 0.25) is 0 Å². The molecular formula is C14H22O8. The number of aliphatic hydroxyl groups is 2. The van der Waals surface area contributed by atoms with E-state index in [-0.39, 0.29) is 24.7 Å². The first kappa shape index (κ1) is 20.2. The summed E-state index contributed by atoms with van der Waals surface area (Å²) in [6.07, 6.45) is -4.77. The number of carbonyl (C=O) groups excluding carboxylic acids is 4. The van der Waals surface area contributed by atoms with E-state index in [0.717, 1.165) is 0 Å². The van der Waals surface area contributed by atoms with Crippen LogP contribution in [-0.4, -0.2) is 46.3 Å². The molecule has 2 N–H and O–H groups in total. The lowest BCUT2D eigenvalue weighted by molar-refractivity contribution is -0.187. The van der Waals surface area contributed by atoms with Crippen LogP contribution in [-0.2, 0) is 28.7 Å². The molecule has 0 saturated carbocycles. The summed E-state index contributed by atoms with van der Waals surface area (Å²) in [7, 11) is 0. The fraction of sp³-hybridized carbons (Fsp3) is 0.714. The lowest BCUT2D eigenvalue weighted by Gasteiger charge is -2.14. The van der Waals surface area contributed by atoms with Crippen LogP contribution >= 0.6 is 0 Å². The lowest BCUT2D eigenvalue weighted by Crippen LogP contribution is -2.40. The molecule has 0 spiro atoms. The average Bonchev–Trinajstić information content (AvgIpc) is 2.34. The molecule has 0 aliphatic heterocycles. The highest BCUT2D eigenvalue weighted by Gasteiger charge is 2.33. The molecule has 0 heterocycles. The number of aliphatic hydroxyl groups excluding tert-OH is 2. The molecule has 0 aromatic carbocycles. The molecule has 8 heteroatoms. The standard InChI is InChI=1S/C14H22O8/c1-7(2)5-9(15)21-13(19)11(17)12(18)14(20)22-10(16)6-8(3)4/h7-8,13-14,19-20H,5-6H2,1-4H3. The zero-order valence-corrected chi connectivity index (χ0v) is 13.1. The molecule has 0 fully saturated rings. The number of ether oxygens (including phenoxy) is 2. The van der Waals surface area contributed by atoms with Gasteiger partial charge in [0, 0.05) is 12.8 Å². The number of Topliss-reactive ketones (excluding diaryl/α,β-unsaturated/α-hetero) is 2. The molecule has 0 amide bonds. The molecule has 22 heavy (non-hydrogen) atoms. The van der Waals surface area contributed by atoms with Crippen molar-refractivity contribution in [1.29, 1.82) is 0 Å². The number of hydrogen-bond acceptors (Lipinski definition) is 8. The summed E-state index contributed by atoms with van der Waals surface area (Å²) in [6, 6.07) is 0. The topological polar surface area (TPSA) is 127 Å². The number of carbonyl (C=O) groups is 4.